The van der Waals surface area contributed by atoms with Crippen LogP contribution in [0.1, 0.15) is 28.3 Å². The number of rotatable bonds is 1. The Morgan fingerprint density at radius 1 is 1.00 bits per heavy atom. The normalized spacial score (nSPS) is 17.2. The number of fused-ring (bicyclic) bond motifs is 2. The van der Waals surface area contributed by atoms with Crippen molar-refractivity contribution < 1.29 is 0 Å². The van der Waals surface area contributed by atoms with Crippen molar-refractivity contribution in [2.45, 2.75) is 26.3 Å². The quantitative estimate of drug-likeness (QED) is 0.664. The predicted molar refractivity (Wildman–Crippen MR) is 84.3 cm³/mol. The van der Waals surface area contributed by atoms with Crippen LogP contribution < -0.4 is 5.32 Å². The standard InChI is InChI=1S/C18H18N2/c1-11-5-3-7-13-9-16(20-17(11)13)15-10-19-18-12(2)6-4-8-14(15)18/h3-8,10,16,19-20H,9H2,1-2H3. The van der Waals surface area contributed by atoms with Crippen molar-refractivity contribution in [1.29, 1.82) is 0 Å². The second-order valence-electron chi connectivity index (χ2n) is 5.75. The molecular weight excluding hydrogens is 244 g/mol. The summed E-state index contributed by atoms with van der Waals surface area (Å²) in [5.41, 5.74) is 8.02. The van der Waals surface area contributed by atoms with Crippen molar-refractivity contribution in [3.8, 4) is 0 Å². The van der Waals surface area contributed by atoms with Crippen molar-refractivity contribution in [1.82, 2.24) is 4.98 Å². The highest BCUT2D eigenvalue weighted by molar-refractivity contribution is 5.87. The van der Waals surface area contributed by atoms with Gasteiger partial charge in [-0.25, -0.2) is 0 Å². The monoisotopic (exact) mass is 262 g/mol. The molecule has 1 atom stereocenters. The van der Waals surface area contributed by atoms with Gasteiger partial charge in [0.1, 0.15) is 0 Å². The first kappa shape index (κ1) is 11.6. The molecule has 2 heterocycles. The first-order valence-corrected chi connectivity index (χ1v) is 7.15. The van der Waals surface area contributed by atoms with Crippen LogP contribution in [-0.4, -0.2) is 4.98 Å². The van der Waals surface area contributed by atoms with Gasteiger partial charge in [0.05, 0.1) is 6.04 Å². The van der Waals surface area contributed by atoms with Gasteiger partial charge in [0.2, 0.25) is 0 Å². The summed E-state index contributed by atoms with van der Waals surface area (Å²) in [6, 6.07) is 13.4. The average molecular weight is 262 g/mol. The van der Waals surface area contributed by atoms with Crippen molar-refractivity contribution >= 4 is 16.6 Å². The summed E-state index contributed by atoms with van der Waals surface area (Å²) in [6.07, 6.45) is 3.23. The zero-order chi connectivity index (χ0) is 13.7. The van der Waals surface area contributed by atoms with E-state index in [1.165, 1.54) is 38.8 Å². The highest BCUT2D eigenvalue weighted by Crippen LogP contribution is 2.38. The van der Waals surface area contributed by atoms with Crippen LogP contribution in [0.25, 0.3) is 10.9 Å². The van der Waals surface area contributed by atoms with Gasteiger partial charge < -0.3 is 10.3 Å². The van der Waals surface area contributed by atoms with Crippen LogP contribution in [0.15, 0.2) is 42.6 Å². The molecule has 0 aliphatic carbocycles. The number of H-pyrrole nitrogens is 1. The van der Waals surface area contributed by atoms with Crippen LogP contribution in [0.2, 0.25) is 0 Å². The molecule has 1 aliphatic rings. The lowest BCUT2D eigenvalue weighted by Crippen LogP contribution is -2.05. The molecule has 0 saturated heterocycles. The van der Waals surface area contributed by atoms with Gasteiger partial charge in [-0.3, -0.25) is 0 Å². The van der Waals surface area contributed by atoms with Crippen LogP contribution in [0, 0.1) is 13.8 Å². The zero-order valence-corrected chi connectivity index (χ0v) is 11.8. The molecule has 1 aliphatic heterocycles. The zero-order valence-electron chi connectivity index (χ0n) is 11.8. The molecule has 1 aromatic heterocycles. The first-order valence-electron chi connectivity index (χ1n) is 7.15. The second kappa shape index (κ2) is 4.14. The molecule has 3 aromatic rings. The predicted octanol–water partition coefficient (Wildman–Crippen LogP) is 4.49. The molecule has 0 saturated carbocycles. The summed E-state index contributed by atoms with van der Waals surface area (Å²) in [5, 5.41) is 5.04. The number of benzene rings is 2. The average Bonchev–Trinajstić information content (AvgIpc) is 3.03. The van der Waals surface area contributed by atoms with Crippen LogP contribution in [0.3, 0.4) is 0 Å². The van der Waals surface area contributed by atoms with Gasteiger partial charge in [-0.1, -0.05) is 36.4 Å². The van der Waals surface area contributed by atoms with Crippen molar-refractivity contribution in [3.63, 3.8) is 0 Å². The Morgan fingerprint density at radius 2 is 1.80 bits per heavy atom. The maximum absolute atomic E-state index is 3.70. The van der Waals surface area contributed by atoms with Crippen molar-refractivity contribution in [2.24, 2.45) is 0 Å². The van der Waals surface area contributed by atoms with E-state index in [0.29, 0.717) is 6.04 Å². The summed E-state index contributed by atoms with van der Waals surface area (Å²) in [4.78, 5) is 3.43. The van der Waals surface area contributed by atoms with Crippen molar-refractivity contribution in [2.75, 3.05) is 5.32 Å². The summed E-state index contributed by atoms with van der Waals surface area (Å²) in [5.74, 6) is 0. The Balaban J connectivity index is 1.80. The third-order valence-corrected chi connectivity index (χ3v) is 4.43. The maximum Gasteiger partial charge on any atom is 0.0576 e. The smallest absolute Gasteiger partial charge is 0.0576 e. The number of anilines is 1. The van der Waals surface area contributed by atoms with Crippen LogP contribution in [-0.2, 0) is 6.42 Å². The number of hydrogen-bond donors (Lipinski definition) is 2. The molecule has 2 aromatic carbocycles. The summed E-state index contributed by atoms with van der Waals surface area (Å²) in [7, 11) is 0. The van der Waals surface area contributed by atoms with E-state index in [0.717, 1.165) is 6.42 Å². The van der Waals surface area contributed by atoms with Gasteiger partial charge in [-0.2, -0.15) is 0 Å². The Labute approximate surface area is 118 Å². The largest absolute Gasteiger partial charge is 0.377 e. The Bertz CT molecular complexity index is 798. The Morgan fingerprint density at radius 3 is 2.65 bits per heavy atom. The minimum absolute atomic E-state index is 0.377. The number of aryl methyl sites for hydroxylation is 2. The lowest BCUT2D eigenvalue weighted by atomic mass is 10.0. The molecule has 0 bridgehead atoms. The highest BCUT2D eigenvalue weighted by atomic mass is 15.0. The molecule has 100 valence electrons. The van der Waals surface area contributed by atoms with Gasteiger partial charge >= 0.3 is 0 Å². The number of hydrogen-bond acceptors (Lipinski definition) is 1. The van der Waals surface area contributed by atoms with Crippen LogP contribution >= 0.6 is 0 Å². The topological polar surface area (TPSA) is 27.8 Å². The first-order chi connectivity index (χ1) is 9.74. The summed E-state index contributed by atoms with van der Waals surface area (Å²) < 4.78 is 0. The molecule has 2 N–H and O–H groups in total. The maximum atomic E-state index is 3.70. The fourth-order valence-electron chi connectivity index (χ4n) is 3.35. The second-order valence-corrected chi connectivity index (χ2v) is 5.75. The van der Waals surface area contributed by atoms with Gasteiger partial charge in [0, 0.05) is 22.8 Å². The molecule has 0 spiro atoms. The highest BCUT2D eigenvalue weighted by Gasteiger charge is 2.25. The third kappa shape index (κ3) is 1.58. The molecule has 2 nitrogen and oxygen atoms in total. The lowest BCUT2D eigenvalue weighted by Gasteiger charge is -2.11. The summed E-state index contributed by atoms with van der Waals surface area (Å²) >= 11 is 0. The van der Waals surface area contributed by atoms with E-state index >= 15 is 0 Å². The van der Waals surface area contributed by atoms with E-state index < -0.39 is 0 Å². The molecule has 20 heavy (non-hydrogen) atoms. The van der Waals surface area contributed by atoms with Crippen molar-refractivity contribution in [3.05, 3.63) is 64.8 Å². The number of aromatic amines is 1. The Kier molecular flexibility index (Phi) is 2.40. The van der Waals surface area contributed by atoms with Crippen LogP contribution in [0.4, 0.5) is 5.69 Å². The van der Waals surface area contributed by atoms with Crippen LogP contribution in [0.5, 0.6) is 0 Å². The fraction of sp³-hybridized carbons (Fsp3) is 0.222. The number of para-hydroxylation sites is 2. The minimum Gasteiger partial charge on any atom is -0.377 e. The van der Waals surface area contributed by atoms with E-state index in [1.54, 1.807) is 0 Å². The molecule has 2 heteroatoms. The molecular formula is C18H18N2. The van der Waals surface area contributed by atoms with E-state index in [-0.39, 0.29) is 0 Å². The van der Waals surface area contributed by atoms with Gasteiger partial charge in [0.25, 0.3) is 0 Å². The Hall–Kier alpha value is -2.22. The van der Waals surface area contributed by atoms with E-state index in [1.807, 2.05) is 0 Å². The number of aromatic nitrogens is 1. The van der Waals surface area contributed by atoms with Gasteiger partial charge in [0.15, 0.2) is 0 Å². The fourth-order valence-corrected chi connectivity index (χ4v) is 3.35. The summed E-state index contributed by atoms with van der Waals surface area (Å²) in [6.45, 7) is 4.33. The van der Waals surface area contributed by atoms with E-state index in [2.05, 4.69) is 66.7 Å². The van der Waals surface area contributed by atoms with E-state index in [4.69, 9.17) is 0 Å². The molecule has 4 rings (SSSR count). The molecule has 0 radical (unpaired) electrons. The third-order valence-electron chi connectivity index (χ3n) is 4.43. The molecule has 0 amide bonds. The molecule has 0 fully saturated rings. The van der Waals surface area contributed by atoms with Gasteiger partial charge in [-0.15, -0.1) is 0 Å². The number of nitrogens with one attached hydrogen (secondary N) is 2. The molecule has 1 unspecified atom stereocenters. The minimum atomic E-state index is 0.377. The van der Waals surface area contributed by atoms with Gasteiger partial charge in [-0.05, 0) is 42.5 Å². The lowest BCUT2D eigenvalue weighted by molar-refractivity contribution is 0.831. The van der Waals surface area contributed by atoms with E-state index in [9.17, 15) is 0 Å². The SMILES string of the molecule is Cc1cccc2c1NC(c1c[nH]c3c(C)cccc13)C2.